The molecule has 14 heteroatoms. The number of nitrogens with one attached hydrogen (secondary N) is 1. The number of anilines is 2. The first kappa shape index (κ1) is 26.7. The maximum Gasteiger partial charge on any atom is 0.421 e. The summed E-state index contributed by atoms with van der Waals surface area (Å²) in [5.41, 5.74) is 5.67. The van der Waals surface area contributed by atoms with Crippen LogP contribution in [0.15, 0.2) is 18.2 Å². The summed E-state index contributed by atoms with van der Waals surface area (Å²) in [5, 5.41) is 27.6. The van der Waals surface area contributed by atoms with Crippen LogP contribution in [0.1, 0.15) is 60.5 Å². The zero-order valence-electron chi connectivity index (χ0n) is 20.6. The van der Waals surface area contributed by atoms with E-state index in [0.29, 0.717) is 41.4 Å². The Morgan fingerprint density at radius 2 is 1.92 bits per heavy atom. The third-order valence-electron chi connectivity index (χ3n) is 7.85. The average Bonchev–Trinajstić information content (AvgIpc) is 3.37. The fraction of sp³-hybridized carbons (Fsp3) is 0.542. The van der Waals surface area contributed by atoms with Crippen LogP contribution >= 0.6 is 11.6 Å². The molecule has 2 amide bonds. The lowest BCUT2D eigenvalue weighted by molar-refractivity contribution is 0.0600. The van der Waals surface area contributed by atoms with Crippen LogP contribution in [-0.2, 0) is 17.1 Å². The van der Waals surface area contributed by atoms with E-state index in [1.807, 2.05) is 0 Å². The minimum absolute atomic E-state index is 0.0190. The Hall–Kier alpha value is -2.90. The molecule has 3 aliphatic rings. The Morgan fingerprint density at radius 3 is 2.47 bits per heavy atom. The number of hydrogen-bond acceptors (Lipinski definition) is 7. The van der Waals surface area contributed by atoms with Crippen molar-refractivity contribution in [2.75, 3.05) is 16.8 Å². The van der Waals surface area contributed by atoms with Crippen molar-refractivity contribution in [1.82, 2.24) is 14.1 Å². The SMILES string of the molecule is Cn1nc(C2CC3CC(O)(CS(=O)(=O)N(C(=O)O)C4CC4)CC3C2)c(C(=O)Nc2ccc(F)c(Cl)c2)c1N. The molecule has 1 aromatic heterocycles. The summed E-state index contributed by atoms with van der Waals surface area (Å²) in [4.78, 5) is 24.7. The summed E-state index contributed by atoms with van der Waals surface area (Å²) in [6.07, 6.45) is 1.03. The van der Waals surface area contributed by atoms with E-state index in [2.05, 4.69) is 10.4 Å². The second-order valence-corrected chi connectivity index (χ2v) is 13.0. The molecule has 3 aliphatic carbocycles. The summed E-state index contributed by atoms with van der Waals surface area (Å²) in [6, 6.07) is 3.28. The van der Waals surface area contributed by atoms with Crippen molar-refractivity contribution in [3.05, 3.63) is 40.3 Å². The number of nitrogen functional groups attached to an aromatic ring is 1. The molecule has 2 unspecified atom stereocenters. The highest BCUT2D eigenvalue weighted by atomic mass is 35.5. The number of nitrogens with zero attached hydrogens (tertiary/aromatic N) is 3. The quantitative estimate of drug-likeness (QED) is 0.394. The minimum Gasteiger partial charge on any atom is -0.464 e. The van der Waals surface area contributed by atoms with E-state index in [4.69, 9.17) is 17.3 Å². The van der Waals surface area contributed by atoms with Gasteiger partial charge in [-0.3, -0.25) is 9.48 Å². The van der Waals surface area contributed by atoms with Crippen LogP contribution in [0.2, 0.25) is 5.02 Å². The van der Waals surface area contributed by atoms with Crippen molar-refractivity contribution in [2.24, 2.45) is 18.9 Å². The summed E-state index contributed by atoms with van der Waals surface area (Å²) in [6.45, 7) is 0. The predicted octanol–water partition coefficient (Wildman–Crippen LogP) is 3.15. The Labute approximate surface area is 223 Å². The number of nitrogens with two attached hydrogens (primary N) is 1. The molecule has 1 heterocycles. The van der Waals surface area contributed by atoms with Crippen LogP contribution in [0.5, 0.6) is 0 Å². The summed E-state index contributed by atoms with van der Waals surface area (Å²) in [7, 11) is -2.56. The van der Waals surface area contributed by atoms with Crippen molar-refractivity contribution in [1.29, 1.82) is 0 Å². The van der Waals surface area contributed by atoms with Crippen LogP contribution in [0.4, 0.5) is 20.7 Å². The lowest BCUT2D eigenvalue weighted by atomic mass is 9.92. The Kier molecular flexibility index (Phi) is 6.59. The van der Waals surface area contributed by atoms with Gasteiger partial charge in [-0.25, -0.2) is 21.9 Å². The number of fused-ring (bicyclic) bond motifs is 1. The van der Waals surface area contributed by atoms with Crippen LogP contribution < -0.4 is 11.1 Å². The minimum atomic E-state index is -4.19. The van der Waals surface area contributed by atoms with Gasteiger partial charge in [-0.1, -0.05) is 11.6 Å². The molecule has 5 N–H and O–H groups in total. The molecule has 0 bridgehead atoms. The second kappa shape index (κ2) is 9.38. The number of aromatic nitrogens is 2. The average molecular weight is 570 g/mol. The number of benzene rings is 1. The standard InChI is InChI=1S/C24H29ClFN5O6S/c1-30-21(27)19(22(32)28-15-2-5-18(26)17(25)8-15)20(29-30)12-6-13-9-24(35,10-14(13)7-12)11-38(36,37)31(23(33)34)16-3-4-16/h2,5,8,12-14,16,35H,3-4,6-7,9-11,27H2,1H3,(H,28,32)(H,33,34). The number of amides is 2. The highest BCUT2D eigenvalue weighted by Gasteiger charge is 2.53. The Bertz CT molecular complexity index is 1400. The van der Waals surface area contributed by atoms with Crippen molar-refractivity contribution in [3.63, 3.8) is 0 Å². The maximum atomic E-state index is 13.5. The van der Waals surface area contributed by atoms with Gasteiger partial charge in [-0.2, -0.15) is 5.10 Å². The van der Waals surface area contributed by atoms with E-state index < -0.39 is 45.2 Å². The molecule has 11 nitrogen and oxygen atoms in total. The maximum absolute atomic E-state index is 13.5. The molecule has 0 spiro atoms. The molecule has 1 aromatic carbocycles. The number of sulfonamides is 1. The van der Waals surface area contributed by atoms with E-state index in [0.717, 1.165) is 6.07 Å². The predicted molar refractivity (Wildman–Crippen MR) is 137 cm³/mol. The van der Waals surface area contributed by atoms with Crippen molar-refractivity contribution < 1.29 is 32.6 Å². The van der Waals surface area contributed by atoms with Gasteiger partial charge in [-0.15, -0.1) is 0 Å². The van der Waals surface area contributed by atoms with E-state index in [1.54, 1.807) is 7.05 Å². The lowest BCUT2D eigenvalue weighted by Crippen LogP contribution is -2.46. The molecule has 3 saturated carbocycles. The van der Waals surface area contributed by atoms with Gasteiger partial charge in [0.2, 0.25) is 10.0 Å². The smallest absolute Gasteiger partial charge is 0.421 e. The lowest BCUT2D eigenvalue weighted by Gasteiger charge is -2.28. The molecular weight excluding hydrogens is 541 g/mol. The molecule has 0 saturated heterocycles. The molecule has 206 valence electrons. The molecule has 0 aliphatic heterocycles. The highest BCUT2D eigenvalue weighted by molar-refractivity contribution is 7.89. The van der Waals surface area contributed by atoms with Gasteiger partial charge in [0.25, 0.3) is 5.91 Å². The second-order valence-electron chi connectivity index (χ2n) is 10.7. The van der Waals surface area contributed by atoms with Gasteiger partial charge in [0, 0.05) is 18.7 Å². The zero-order chi connectivity index (χ0) is 27.6. The van der Waals surface area contributed by atoms with Crippen molar-refractivity contribution >= 4 is 45.1 Å². The molecule has 38 heavy (non-hydrogen) atoms. The Balaban J connectivity index is 1.30. The number of carbonyl (C=O) groups excluding carboxylic acids is 1. The number of aliphatic hydroxyl groups is 1. The van der Waals surface area contributed by atoms with E-state index in [-0.39, 0.29) is 47.0 Å². The van der Waals surface area contributed by atoms with Crippen LogP contribution in [0, 0.1) is 17.7 Å². The molecule has 0 radical (unpaired) electrons. The molecular formula is C24H29ClFN5O6S. The number of carbonyl (C=O) groups is 2. The van der Waals surface area contributed by atoms with Crippen LogP contribution in [0.25, 0.3) is 0 Å². The van der Waals surface area contributed by atoms with Gasteiger partial charge in [0.05, 0.1) is 28.1 Å². The number of hydrogen-bond donors (Lipinski definition) is 4. The first-order valence-electron chi connectivity index (χ1n) is 12.3. The Morgan fingerprint density at radius 1 is 1.29 bits per heavy atom. The van der Waals surface area contributed by atoms with Gasteiger partial charge >= 0.3 is 6.09 Å². The molecule has 2 atom stereocenters. The topological polar surface area (TPSA) is 168 Å². The molecule has 3 fully saturated rings. The summed E-state index contributed by atoms with van der Waals surface area (Å²) >= 11 is 5.83. The van der Waals surface area contributed by atoms with Gasteiger partial charge in [0.1, 0.15) is 17.2 Å². The van der Waals surface area contributed by atoms with E-state index >= 15 is 0 Å². The summed E-state index contributed by atoms with van der Waals surface area (Å²) in [5.74, 6) is -1.77. The van der Waals surface area contributed by atoms with Crippen molar-refractivity contribution in [2.45, 2.75) is 56.1 Å². The largest absolute Gasteiger partial charge is 0.464 e. The third kappa shape index (κ3) is 4.94. The van der Waals surface area contributed by atoms with E-state index in [9.17, 15) is 32.6 Å². The van der Waals surface area contributed by atoms with Gasteiger partial charge < -0.3 is 21.3 Å². The fourth-order valence-corrected chi connectivity index (χ4v) is 8.31. The summed E-state index contributed by atoms with van der Waals surface area (Å²) < 4.78 is 41.1. The number of halogens is 2. The highest BCUT2D eigenvalue weighted by Crippen LogP contribution is 2.54. The number of carboxylic acid groups (broad SMARTS) is 1. The van der Waals surface area contributed by atoms with Gasteiger partial charge in [0.15, 0.2) is 0 Å². The number of aryl methyl sites for hydroxylation is 1. The fourth-order valence-electron chi connectivity index (χ4n) is 6.18. The first-order valence-corrected chi connectivity index (χ1v) is 14.3. The van der Waals surface area contributed by atoms with Crippen LogP contribution in [0.3, 0.4) is 0 Å². The third-order valence-corrected chi connectivity index (χ3v) is 10.1. The van der Waals surface area contributed by atoms with Crippen molar-refractivity contribution in [3.8, 4) is 0 Å². The van der Waals surface area contributed by atoms with E-state index in [1.165, 1.54) is 16.8 Å². The monoisotopic (exact) mass is 569 g/mol. The number of rotatable bonds is 7. The normalized spacial score (nSPS) is 26.8. The van der Waals surface area contributed by atoms with Crippen LogP contribution in [-0.4, -0.2) is 62.1 Å². The molecule has 2 aromatic rings. The van der Waals surface area contributed by atoms with Gasteiger partial charge in [-0.05, 0) is 68.6 Å². The first-order chi connectivity index (χ1) is 17.8. The molecule has 5 rings (SSSR count). The zero-order valence-corrected chi connectivity index (χ0v) is 22.2.